The van der Waals surface area contributed by atoms with Crippen LogP contribution in [-0.2, 0) is 0 Å². The van der Waals surface area contributed by atoms with Crippen LogP contribution in [0.4, 0.5) is 5.82 Å². The molecule has 2 heterocycles. The maximum absolute atomic E-state index is 6.09. The molecule has 0 unspecified atom stereocenters. The predicted molar refractivity (Wildman–Crippen MR) is 84.8 cm³/mol. The Kier molecular flexibility index (Phi) is 3.90. The molecule has 6 nitrogen and oxygen atoms in total. The molecule has 0 atom stereocenters. The van der Waals surface area contributed by atoms with Gasteiger partial charge in [-0.25, -0.2) is 4.98 Å². The van der Waals surface area contributed by atoms with Crippen molar-refractivity contribution in [2.75, 3.05) is 18.4 Å². The monoisotopic (exact) mass is 304 g/mol. The van der Waals surface area contributed by atoms with Crippen molar-refractivity contribution in [2.24, 2.45) is 5.73 Å². The Balaban J connectivity index is 2.09. The summed E-state index contributed by atoms with van der Waals surface area (Å²) in [6.07, 6.45) is 1.98. The average Bonchev–Trinajstić information content (AvgIpc) is 2.86. The van der Waals surface area contributed by atoms with Crippen molar-refractivity contribution in [3.05, 3.63) is 29.0 Å². The van der Waals surface area contributed by atoms with E-state index >= 15 is 0 Å². The number of nitrogens with zero attached hydrogens (tertiary/aromatic N) is 4. The molecule has 2 aromatic heterocycles. The van der Waals surface area contributed by atoms with E-state index in [0.29, 0.717) is 11.6 Å². The minimum Gasteiger partial charge on any atom is -0.367 e. The molecule has 0 saturated carbocycles. The van der Waals surface area contributed by atoms with E-state index in [1.807, 2.05) is 29.5 Å². The molecular weight excluding hydrogens is 288 g/mol. The van der Waals surface area contributed by atoms with Gasteiger partial charge in [-0.1, -0.05) is 11.6 Å². The first kappa shape index (κ1) is 14.0. The number of anilines is 1. The molecular formula is C14H17ClN6. The van der Waals surface area contributed by atoms with Crippen molar-refractivity contribution < 1.29 is 0 Å². The fourth-order valence-corrected chi connectivity index (χ4v) is 2.51. The van der Waals surface area contributed by atoms with Crippen LogP contribution < -0.4 is 11.1 Å². The summed E-state index contributed by atoms with van der Waals surface area (Å²) in [6, 6.07) is 5.62. The van der Waals surface area contributed by atoms with E-state index in [9.17, 15) is 0 Å². The van der Waals surface area contributed by atoms with E-state index < -0.39 is 0 Å². The number of halogens is 1. The van der Waals surface area contributed by atoms with Gasteiger partial charge in [-0.05, 0) is 44.5 Å². The molecule has 3 rings (SSSR count). The minimum atomic E-state index is 0.669. The van der Waals surface area contributed by atoms with E-state index in [2.05, 4.69) is 20.5 Å². The summed E-state index contributed by atoms with van der Waals surface area (Å²) >= 11 is 6.09. The van der Waals surface area contributed by atoms with Gasteiger partial charge in [0.15, 0.2) is 5.82 Å². The van der Waals surface area contributed by atoms with Crippen LogP contribution in [0.1, 0.15) is 18.7 Å². The fraction of sp³-hybridized carbons (Fsp3) is 0.357. The quantitative estimate of drug-likeness (QED) is 0.707. The maximum Gasteiger partial charge on any atom is 0.204 e. The van der Waals surface area contributed by atoms with Crippen molar-refractivity contribution >= 4 is 34.1 Å². The molecule has 3 N–H and O–H groups in total. The van der Waals surface area contributed by atoms with Gasteiger partial charge in [0.2, 0.25) is 5.65 Å². The molecule has 7 heteroatoms. The highest BCUT2D eigenvalue weighted by atomic mass is 35.5. The van der Waals surface area contributed by atoms with Gasteiger partial charge in [-0.3, -0.25) is 4.40 Å². The van der Waals surface area contributed by atoms with E-state index in [0.717, 1.165) is 47.7 Å². The Morgan fingerprint density at radius 3 is 2.95 bits per heavy atom. The van der Waals surface area contributed by atoms with Crippen molar-refractivity contribution in [3.8, 4) is 0 Å². The Morgan fingerprint density at radius 2 is 2.14 bits per heavy atom. The first-order valence-electron chi connectivity index (χ1n) is 6.95. The largest absolute Gasteiger partial charge is 0.367 e. The number of rotatable bonds is 5. The van der Waals surface area contributed by atoms with E-state index in [1.165, 1.54) is 0 Å². The summed E-state index contributed by atoms with van der Waals surface area (Å²) in [5, 5.41) is 12.4. The molecule has 0 fully saturated rings. The summed E-state index contributed by atoms with van der Waals surface area (Å²) in [5.74, 6) is 1.55. The molecule has 1 aromatic carbocycles. The molecule has 0 aliphatic carbocycles. The molecule has 0 aliphatic heterocycles. The van der Waals surface area contributed by atoms with Gasteiger partial charge in [0.25, 0.3) is 0 Å². The standard InChI is InChI=1S/C14H17ClN6/c1-9-19-20-14-13(17-7-3-2-6-16)18-11-5-4-10(15)8-12(11)21(9)14/h4-5,8H,2-3,6-7,16H2,1H3,(H,17,18). The van der Waals surface area contributed by atoms with Crippen molar-refractivity contribution in [1.29, 1.82) is 0 Å². The van der Waals surface area contributed by atoms with Crippen LogP contribution in [0.15, 0.2) is 18.2 Å². The molecule has 0 radical (unpaired) electrons. The summed E-state index contributed by atoms with van der Waals surface area (Å²) in [7, 11) is 0. The second-order valence-electron chi connectivity index (χ2n) is 4.92. The van der Waals surface area contributed by atoms with Crippen LogP contribution in [0.3, 0.4) is 0 Å². The van der Waals surface area contributed by atoms with Gasteiger partial charge in [0, 0.05) is 11.6 Å². The van der Waals surface area contributed by atoms with Gasteiger partial charge in [0.05, 0.1) is 11.0 Å². The minimum absolute atomic E-state index is 0.669. The first-order chi connectivity index (χ1) is 10.2. The lowest BCUT2D eigenvalue weighted by atomic mass is 10.3. The number of aromatic nitrogens is 4. The molecule has 0 saturated heterocycles. The third kappa shape index (κ3) is 2.64. The molecule has 0 bridgehead atoms. The summed E-state index contributed by atoms with van der Waals surface area (Å²) < 4.78 is 1.97. The van der Waals surface area contributed by atoms with E-state index in [4.69, 9.17) is 17.3 Å². The lowest BCUT2D eigenvalue weighted by Gasteiger charge is -2.09. The Morgan fingerprint density at radius 1 is 1.29 bits per heavy atom. The third-order valence-electron chi connectivity index (χ3n) is 3.37. The average molecular weight is 305 g/mol. The number of hydrogen-bond donors (Lipinski definition) is 2. The van der Waals surface area contributed by atoms with Gasteiger partial charge in [-0.2, -0.15) is 0 Å². The number of nitrogens with two attached hydrogens (primary N) is 1. The second-order valence-corrected chi connectivity index (χ2v) is 5.36. The molecule has 3 aromatic rings. The Bertz CT molecular complexity index is 782. The Labute approximate surface area is 127 Å². The molecule has 0 spiro atoms. The first-order valence-corrected chi connectivity index (χ1v) is 7.33. The van der Waals surface area contributed by atoms with Gasteiger partial charge >= 0.3 is 0 Å². The number of unbranched alkanes of at least 4 members (excludes halogenated alkanes) is 1. The smallest absolute Gasteiger partial charge is 0.204 e. The SMILES string of the molecule is Cc1nnc2c(NCCCCN)nc3ccc(Cl)cc3n12. The highest BCUT2D eigenvalue weighted by molar-refractivity contribution is 6.31. The zero-order chi connectivity index (χ0) is 14.8. The molecule has 21 heavy (non-hydrogen) atoms. The van der Waals surface area contributed by atoms with Crippen LogP contribution in [0, 0.1) is 6.92 Å². The van der Waals surface area contributed by atoms with Crippen LogP contribution >= 0.6 is 11.6 Å². The van der Waals surface area contributed by atoms with Crippen molar-refractivity contribution in [2.45, 2.75) is 19.8 Å². The normalized spacial score (nSPS) is 11.4. The lowest BCUT2D eigenvalue weighted by molar-refractivity contribution is 0.772. The van der Waals surface area contributed by atoms with E-state index in [-0.39, 0.29) is 0 Å². The zero-order valence-electron chi connectivity index (χ0n) is 11.8. The third-order valence-corrected chi connectivity index (χ3v) is 3.61. The van der Waals surface area contributed by atoms with Crippen molar-refractivity contribution in [1.82, 2.24) is 19.6 Å². The van der Waals surface area contributed by atoms with Gasteiger partial charge in [0.1, 0.15) is 5.82 Å². The number of nitrogens with one attached hydrogen (secondary N) is 1. The summed E-state index contributed by atoms with van der Waals surface area (Å²) in [5.41, 5.74) is 7.99. The molecule has 0 aliphatic rings. The summed E-state index contributed by atoms with van der Waals surface area (Å²) in [6.45, 7) is 3.42. The van der Waals surface area contributed by atoms with Crippen LogP contribution in [-0.4, -0.2) is 32.7 Å². The Hall–Kier alpha value is -1.92. The number of benzene rings is 1. The van der Waals surface area contributed by atoms with Crippen LogP contribution in [0.2, 0.25) is 5.02 Å². The second kappa shape index (κ2) is 5.83. The lowest BCUT2D eigenvalue weighted by Crippen LogP contribution is -2.08. The molecule has 0 amide bonds. The summed E-state index contributed by atoms with van der Waals surface area (Å²) in [4.78, 5) is 4.63. The zero-order valence-corrected chi connectivity index (χ0v) is 12.6. The number of hydrogen-bond acceptors (Lipinski definition) is 5. The number of aryl methyl sites for hydroxylation is 1. The van der Waals surface area contributed by atoms with Crippen molar-refractivity contribution in [3.63, 3.8) is 0 Å². The highest BCUT2D eigenvalue weighted by Crippen LogP contribution is 2.24. The number of fused-ring (bicyclic) bond motifs is 3. The van der Waals surface area contributed by atoms with E-state index in [1.54, 1.807) is 0 Å². The van der Waals surface area contributed by atoms with Crippen LogP contribution in [0.5, 0.6) is 0 Å². The molecule has 110 valence electrons. The predicted octanol–water partition coefficient (Wildman–Crippen LogP) is 2.39. The van der Waals surface area contributed by atoms with Gasteiger partial charge < -0.3 is 11.1 Å². The highest BCUT2D eigenvalue weighted by Gasteiger charge is 2.12. The topological polar surface area (TPSA) is 81.1 Å². The maximum atomic E-state index is 6.09. The van der Waals surface area contributed by atoms with Crippen LogP contribution in [0.25, 0.3) is 16.7 Å². The fourth-order valence-electron chi connectivity index (χ4n) is 2.34. The van der Waals surface area contributed by atoms with Gasteiger partial charge in [-0.15, -0.1) is 10.2 Å².